The first-order valence-electron chi connectivity index (χ1n) is 13.5. The molecule has 2 unspecified atom stereocenters. The molecule has 2 rings (SSSR count). The number of hydrogen-bond donors (Lipinski definition) is 4. The third-order valence-electron chi connectivity index (χ3n) is 6.50. The number of aliphatic hydroxyl groups excluding tert-OH is 3. The van der Waals surface area contributed by atoms with E-state index in [0.29, 0.717) is 30.0 Å². The summed E-state index contributed by atoms with van der Waals surface area (Å²) in [5, 5.41) is 43.5. The van der Waals surface area contributed by atoms with Crippen LogP contribution in [0.2, 0.25) is 5.02 Å². The Kier molecular flexibility index (Phi) is 14.6. The number of carbonyl (C=O) groups excluding carboxylic acids is 2. The van der Waals surface area contributed by atoms with Crippen molar-refractivity contribution in [2.24, 2.45) is 11.8 Å². The Morgan fingerprint density at radius 3 is 2.68 bits per heavy atom. The van der Waals surface area contributed by atoms with Crippen molar-refractivity contribution in [1.29, 1.82) is 0 Å². The molecule has 0 aromatic heterocycles. The predicted octanol–water partition coefficient (Wildman–Crippen LogP) is 2.76. The van der Waals surface area contributed by atoms with E-state index in [9.17, 15) is 35.0 Å². The van der Waals surface area contributed by atoms with Gasteiger partial charge in [0, 0.05) is 23.8 Å². The summed E-state index contributed by atoms with van der Waals surface area (Å²) in [6, 6.07) is 5.92. The predicted molar refractivity (Wildman–Crippen MR) is 149 cm³/mol. The molecule has 0 saturated heterocycles. The van der Waals surface area contributed by atoms with E-state index in [1.807, 2.05) is 12.2 Å². The SMILES string of the molecule is CC(COC(=O)C(C)NC(=O)CCCC=CC[C@@H]1[C@@H](C=C[C@@H](O)COc2cccc(Cl)c2)[C@H](O)C[C@@H]1O)O[N+](=O)[O-]. The zero-order valence-electron chi connectivity index (χ0n) is 23.1. The number of nitrogens with one attached hydrogen (secondary N) is 1. The van der Waals surface area contributed by atoms with Gasteiger partial charge in [-0.15, -0.1) is 10.1 Å². The van der Waals surface area contributed by atoms with E-state index in [1.165, 1.54) is 13.8 Å². The number of allylic oxidation sites excluding steroid dienone is 2. The number of ether oxygens (including phenoxy) is 2. The molecule has 0 radical (unpaired) electrons. The lowest BCUT2D eigenvalue weighted by molar-refractivity contribution is -0.767. The summed E-state index contributed by atoms with van der Waals surface area (Å²) in [4.78, 5) is 38.6. The third kappa shape index (κ3) is 12.9. The second-order valence-electron chi connectivity index (χ2n) is 9.99. The summed E-state index contributed by atoms with van der Waals surface area (Å²) >= 11 is 5.93. The lowest BCUT2D eigenvalue weighted by Gasteiger charge is -2.19. The molecule has 4 N–H and O–H groups in total. The van der Waals surface area contributed by atoms with Gasteiger partial charge in [-0.1, -0.05) is 42.0 Å². The van der Waals surface area contributed by atoms with Gasteiger partial charge in [0.25, 0.3) is 5.09 Å². The van der Waals surface area contributed by atoms with Crippen LogP contribution in [0.3, 0.4) is 0 Å². The monoisotopic (exact) mass is 598 g/mol. The van der Waals surface area contributed by atoms with Crippen LogP contribution in [0, 0.1) is 22.0 Å². The van der Waals surface area contributed by atoms with E-state index in [4.69, 9.17) is 21.1 Å². The molecule has 1 fully saturated rings. The molecule has 1 saturated carbocycles. The van der Waals surface area contributed by atoms with Gasteiger partial charge >= 0.3 is 5.97 Å². The molecule has 0 spiro atoms. The maximum Gasteiger partial charge on any atom is 0.328 e. The van der Waals surface area contributed by atoms with Crippen molar-refractivity contribution in [1.82, 2.24) is 5.32 Å². The maximum atomic E-state index is 12.1. The van der Waals surface area contributed by atoms with Crippen LogP contribution in [0.1, 0.15) is 46.0 Å². The number of halogens is 1. The summed E-state index contributed by atoms with van der Waals surface area (Å²) in [6.45, 7) is 2.53. The number of nitrogens with zero attached hydrogens (tertiary/aromatic N) is 1. The van der Waals surface area contributed by atoms with Gasteiger partial charge in [-0.2, -0.15) is 0 Å². The number of esters is 1. The van der Waals surface area contributed by atoms with Crippen molar-refractivity contribution < 1.29 is 44.3 Å². The van der Waals surface area contributed by atoms with E-state index < -0.39 is 41.5 Å². The van der Waals surface area contributed by atoms with Gasteiger partial charge in [0.05, 0.1) is 12.2 Å². The Morgan fingerprint density at radius 1 is 1.22 bits per heavy atom. The summed E-state index contributed by atoms with van der Waals surface area (Å²) in [5.41, 5.74) is 0. The zero-order chi connectivity index (χ0) is 30.4. The Bertz CT molecular complexity index is 1050. The summed E-state index contributed by atoms with van der Waals surface area (Å²) in [6.07, 6.45) is 5.87. The van der Waals surface area contributed by atoms with E-state index in [0.717, 1.165) is 0 Å². The Hall–Kier alpha value is -3.19. The van der Waals surface area contributed by atoms with Crippen LogP contribution in [0.4, 0.5) is 0 Å². The molecule has 1 aromatic carbocycles. The molecule has 0 bridgehead atoms. The first kappa shape index (κ1) is 34.0. The summed E-state index contributed by atoms with van der Waals surface area (Å²) in [7, 11) is 0. The third-order valence-corrected chi connectivity index (χ3v) is 6.73. The molecule has 228 valence electrons. The molecular formula is C28H39ClN2O10. The minimum atomic E-state index is -0.972. The largest absolute Gasteiger partial charge is 0.491 e. The number of hydrogen-bond acceptors (Lipinski definition) is 10. The van der Waals surface area contributed by atoms with Crippen molar-refractivity contribution >= 4 is 23.5 Å². The molecule has 1 amide bonds. The van der Waals surface area contributed by atoms with Gasteiger partial charge in [-0.05, 0) is 57.2 Å². The molecule has 1 aliphatic rings. The Balaban J connectivity index is 1.70. The quantitative estimate of drug-likeness (QED) is 0.0685. The first-order valence-corrected chi connectivity index (χ1v) is 13.9. The first-order chi connectivity index (χ1) is 19.5. The highest BCUT2D eigenvalue weighted by Crippen LogP contribution is 2.36. The van der Waals surface area contributed by atoms with Crippen molar-refractivity contribution in [2.75, 3.05) is 13.2 Å². The number of unbranched alkanes of at least 4 members (excludes halogenated alkanes) is 1. The van der Waals surface area contributed by atoms with Crippen molar-refractivity contribution in [3.05, 3.63) is 63.7 Å². The molecule has 12 nitrogen and oxygen atoms in total. The van der Waals surface area contributed by atoms with Gasteiger partial charge in [-0.25, -0.2) is 4.79 Å². The highest BCUT2D eigenvalue weighted by Gasteiger charge is 2.39. The minimum absolute atomic E-state index is 0.0123. The minimum Gasteiger partial charge on any atom is -0.491 e. The van der Waals surface area contributed by atoms with Crippen LogP contribution in [0.5, 0.6) is 5.75 Å². The molecular weight excluding hydrogens is 560 g/mol. The molecule has 7 atom stereocenters. The van der Waals surface area contributed by atoms with Gasteiger partial charge in [0.15, 0.2) is 0 Å². The van der Waals surface area contributed by atoms with Crippen LogP contribution < -0.4 is 10.1 Å². The highest BCUT2D eigenvalue weighted by molar-refractivity contribution is 6.30. The molecule has 41 heavy (non-hydrogen) atoms. The molecule has 1 aromatic rings. The number of aliphatic hydroxyl groups is 3. The van der Waals surface area contributed by atoms with Gasteiger partial charge in [0.1, 0.15) is 37.2 Å². The van der Waals surface area contributed by atoms with Crippen molar-refractivity contribution in [3.63, 3.8) is 0 Å². The molecule has 0 aliphatic heterocycles. The molecule has 0 heterocycles. The smallest absolute Gasteiger partial charge is 0.328 e. The number of rotatable bonds is 17. The highest BCUT2D eigenvalue weighted by atomic mass is 35.5. The van der Waals surface area contributed by atoms with E-state index in [-0.39, 0.29) is 43.8 Å². The number of benzene rings is 1. The van der Waals surface area contributed by atoms with Crippen LogP contribution >= 0.6 is 11.6 Å². The van der Waals surface area contributed by atoms with Gasteiger partial charge < -0.3 is 34.9 Å². The average Bonchev–Trinajstić information content (AvgIpc) is 3.17. The standard InChI is InChI=1S/C28H39ClN2O10/c1-18(41-31(37)38)16-40-28(36)19(2)30-27(35)11-6-4-3-5-10-23-24(26(34)15-25(23)33)13-12-21(32)17-39-22-9-7-8-20(29)14-22/h3,5,7-9,12-14,18-19,21,23-26,32-34H,4,6,10-11,15-17H2,1-2H3,(H,30,35)/t18?,19?,21-,23-,24-,25+,26-/m1/s1. The Labute approximate surface area is 244 Å². The zero-order valence-corrected chi connectivity index (χ0v) is 23.9. The average molecular weight is 599 g/mol. The number of carbonyl (C=O) groups is 2. The van der Waals surface area contributed by atoms with Gasteiger partial charge in [0.2, 0.25) is 5.91 Å². The normalized spacial score (nSPS) is 22.8. The van der Waals surface area contributed by atoms with Crippen molar-refractivity contribution in [3.8, 4) is 5.75 Å². The van der Waals surface area contributed by atoms with Crippen LogP contribution in [0.15, 0.2) is 48.6 Å². The Morgan fingerprint density at radius 2 is 1.98 bits per heavy atom. The van der Waals surface area contributed by atoms with Crippen molar-refractivity contribution in [2.45, 2.75) is 76.4 Å². The summed E-state index contributed by atoms with van der Waals surface area (Å²) < 4.78 is 10.4. The van der Waals surface area contributed by atoms with Crippen LogP contribution in [-0.2, 0) is 19.2 Å². The van der Waals surface area contributed by atoms with Crippen LogP contribution in [-0.4, -0.2) is 76.0 Å². The number of amides is 1. The van der Waals surface area contributed by atoms with E-state index in [1.54, 1.807) is 36.4 Å². The van der Waals surface area contributed by atoms with E-state index >= 15 is 0 Å². The summed E-state index contributed by atoms with van der Waals surface area (Å²) in [5.74, 6) is -1.09. The fourth-order valence-electron chi connectivity index (χ4n) is 4.38. The fourth-order valence-corrected chi connectivity index (χ4v) is 4.56. The second kappa shape index (κ2) is 17.6. The maximum absolute atomic E-state index is 12.1. The lowest BCUT2D eigenvalue weighted by atomic mass is 9.89. The van der Waals surface area contributed by atoms with E-state index in [2.05, 4.69) is 10.2 Å². The molecule has 1 aliphatic carbocycles. The second-order valence-corrected chi connectivity index (χ2v) is 10.4. The fraction of sp³-hybridized carbons (Fsp3) is 0.571. The van der Waals surface area contributed by atoms with Gasteiger partial charge in [-0.3, -0.25) is 4.79 Å². The van der Waals surface area contributed by atoms with Crippen LogP contribution in [0.25, 0.3) is 0 Å². The lowest BCUT2D eigenvalue weighted by Crippen LogP contribution is -2.40. The topological polar surface area (TPSA) is 178 Å². The molecule has 13 heteroatoms.